The van der Waals surface area contributed by atoms with Gasteiger partial charge in [0.15, 0.2) is 11.0 Å². The summed E-state index contributed by atoms with van der Waals surface area (Å²) in [5.41, 5.74) is 3.78. The summed E-state index contributed by atoms with van der Waals surface area (Å²) in [5.74, 6) is 2.06. The number of thiophene rings is 1. The minimum atomic E-state index is 0.00224. The smallest absolute Gasteiger partial charge is 0.227 e. The molecule has 34 heavy (non-hydrogen) atoms. The lowest BCUT2D eigenvalue weighted by Gasteiger charge is -2.31. The van der Waals surface area contributed by atoms with E-state index in [1.807, 2.05) is 53.9 Å². The lowest BCUT2D eigenvalue weighted by atomic mass is 9.95. The molecule has 7 nitrogen and oxygen atoms in total. The van der Waals surface area contributed by atoms with Gasteiger partial charge in [0.05, 0.1) is 10.6 Å². The fourth-order valence-corrected chi connectivity index (χ4v) is 6.07. The van der Waals surface area contributed by atoms with Crippen LogP contribution in [0.4, 0.5) is 11.5 Å². The van der Waals surface area contributed by atoms with Gasteiger partial charge in [0.25, 0.3) is 0 Å². The van der Waals surface area contributed by atoms with Crippen LogP contribution in [0, 0.1) is 5.92 Å². The molecule has 1 N–H and O–H groups in total. The molecule has 3 aromatic heterocycles. The van der Waals surface area contributed by atoms with E-state index in [4.69, 9.17) is 4.98 Å². The first kappa shape index (κ1) is 21.4. The maximum atomic E-state index is 12.9. The number of anilines is 2. The number of thioether (sulfide) groups is 1. The molecule has 0 aliphatic carbocycles. The number of amides is 1. The summed E-state index contributed by atoms with van der Waals surface area (Å²) >= 11 is 3.45. The lowest BCUT2D eigenvalue weighted by molar-refractivity contribution is -0.120. The molecule has 0 bridgehead atoms. The topological polar surface area (TPSA) is 75.9 Å². The highest BCUT2D eigenvalue weighted by Gasteiger charge is 2.26. The van der Waals surface area contributed by atoms with Gasteiger partial charge in [-0.05, 0) is 48.6 Å². The Kier molecular flexibility index (Phi) is 5.80. The number of fused-ring (bicyclic) bond motifs is 1. The van der Waals surface area contributed by atoms with Crippen molar-refractivity contribution in [1.29, 1.82) is 0 Å². The molecule has 0 radical (unpaired) electrons. The summed E-state index contributed by atoms with van der Waals surface area (Å²) in [6.07, 6.45) is 3.71. The monoisotopic (exact) mass is 488 g/mol. The normalized spacial score (nSPS) is 15.9. The van der Waals surface area contributed by atoms with E-state index in [0.717, 1.165) is 76.7 Å². The van der Waals surface area contributed by atoms with Crippen LogP contribution in [0.25, 0.3) is 21.8 Å². The number of aryl methyl sites for hydroxylation is 1. The number of nitrogens with zero attached hydrogens (tertiary/aromatic N) is 5. The quantitative estimate of drug-likeness (QED) is 0.425. The number of nitrogens with one attached hydrogen (secondary N) is 1. The Balaban J connectivity index is 1.03. The third-order valence-electron chi connectivity index (χ3n) is 6.37. The first-order valence-electron chi connectivity index (χ1n) is 11.5. The van der Waals surface area contributed by atoms with Crippen molar-refractivity contribution in [3.05, 3.63) is 60.1 Å². The average molecular weight is 489 g/mol. The summed E-state index contributed by atoms with van der Waals surface area (Å²) < 4.78 is 2.20. The molecular formula is C25H24N6OS2. The largest absolute Gasteiger partial charge is 0.355 e. The van der Waals surface area contributed by atoms with Gasteiger partial charge in [-0.2, -0.15) is 0 Å². The SMILES string of the molecule is O=C(Nc1ccc(-c2cn3c(n2)SCC3)cc1)C1CCN(c2ccc(-c3cccs3)nn2)CC1. The van der Waals surface area contributed by atoms with Crippen molar-refractivity contribution >= 4 is 40.5 Å². The van der Waals surface area contributed by atoms with E-state index in [2.05, 4.69) is 31.2 Å². The van der Waals surface area contributed by atoms with Gasteiger partial charge in [-0.1, -0.05) is 30.0 Å². The van der Waals surface area contributed by atoms with Gasteiger partial charge in [0.2, 0.25) is 5.91 Å². The molecule has 4 aromatic rings. The summed E-state index contributed by atoms with van der Waals surface area (Å²) in [7, 11) is 0. The first-order chi connectivity index (χ1) is 16.7. The first-order valence-corrected chi connectivity index (χ1v) is 13.3. The van der Waals surface area contributed by atoms with Gasteiger partial charge < -0.3 is 14.8 Å². The van der Waals surface area contributed by atoms with Crippen LogP contribution in [-0.2, 0) is 11.3 Å². The van der Waals surface area contributed by atoms with Crippen molar-refractivity contribution in [2.24, 2.45) is 5.92 Å². The Bertz CT molecular complexity index is 1250. The predicted octanol–water partition coefficient (Wildman–Crippen LogP) is 5.03. The average Bonchev–Trinajstić information content (AvgIpc) is 3.63. The predicted molar refractivity (Wildman–Crippen MR) is 137 cm³/mol. The zero-order valence-electron chi connectivity index (χ0n) is 18.6. The summed E-state index contributed by atoms with van der Waals surface area (Å²) in [4.78, 5) is 20.9. The number of benzene rings is 1. The van der Waals surface area contributed by atoms with E-state index < -0.39 is 0 Å². The number of imidazole rings is 1. The van der Waals surface area contributed by atoms with Crippen LogP contribution >= 0.6 is 23.1 Å². The van der Waals surface area contributed by atoms with Gasteiger partial charge in [-0.3, -0.25) is 4.79 Å². The molecule has 172 valence electrons. The van der Waals surface area contributed by atoms with E-state index in [1.54, 1.807) is 23.1 Å². The number of rotatable bonds is 5. The molecule has 0 unspecified atom stereocenters. The van der Waals surface area contributed by atoms with Crippen molar-refractivity contribution in [2.45, 2.75) is 24.5 Å². The Labute approximate surface area is 206 Å². The van der Waals surface area contributed by atoms with Crippen molar-refractivity contribution < 1.29 is 4.79 Å². The number of carbonyl (C=O) groups excluding carboxylic acids is 1. The van der Waals surface area contributed by atoms with Crippen LogP contribution < -0.4 is 10.2 Å². The third-order valence-corrected chi connectivity index (χ3v) is 8.23. The number of aromatic nitrogens is 4. The van der Waals surface area contributed by atoms with Crippen molar-refractivity contribution in [3.63, 3.8) is 0 Å². The second kappa shape index (κ2) is 9.23. The Morgan fingerprint density at radius 3 is 2.53 bits per heavy atom. The van der Waals surface area contributed by atoms with Crippen LogP contribution in [0.5, 0.6) is 0 Å². The highest BCUT2D eigenvalue weighted by Crippen LogP contribution is 2.30. The minimum absolute atomic E-state index is 0.00224. The molecule has 1 amide bonds. The molecule has 0 spiro atoms. The van der Waals surface area contributed by atoms with Crippen LogP contribution in [-0.4, -0.2) is 44.5 Å². The molecule has 2 aliphatic heterocycles. The van der Waals surface area contributed by atoms with Gasteiger partial charge in [0, 0.05) is 48.8 Å². The molecule has 5 heterocycles. The third kappa shape index (κ3) is 4.33. The minimum Gasteiger partial charge on any atom is -0.355 e. The Morgan fingerprint density at radius 1 is 0.971 bits per heavy atom. The maximum absolute atomic E-state index is 12.9. The van der Waals surface area contributed by atoms with Crippen LogP contribution in [0.3, 0.4) is 0 Å². The molecule has 9 heteroatoms. The number of carbonyl (C=O) groups is 1. The second-order valence-electron chi connectivity index (χ2n) is 8.53. The van der Waals surface area contributed by atoms with E-state index in [-0.39, 0.29) is 11.8 Å². The summed E-state index contributed by atoms with van der Waals surface area (Å²) in [6, 6.07) is 16.1. The highest BCUT2D eigenvalue weighted by atomic mass is 32.2. The number of hydrogen-bond acceptors (Lipinski definition) is 7. The fourth-order valence-electron chi connectivity index (χ4n) is 4.44. The van der Waals surface area contributed by atoms with Crippen molar-refractivity contribution in [3.8, 4) is 21.8 Å². The van der Waals surface area contributed by atoms with E-state index in [9.17, 15) is 4.79 Å². The molecular weight excluding hydrogens is 464 g/mol. The molecule has 0 atom stereocenters. The van der Waals surface area contributed by atoms with E-state index in [1.165, 1.54) is 0 Å². The van der Waals surface area contributed by atoms with Crippen LogP contribution in [0.15, 0.2) is 65.3 Å². The molecule has 1 saturated heterocycles. The second-order valence-corrected chi connectivity index (χ2v) is 10.5. The van der Waals surface area contributed by atoms with Crippen molar-refractivity contribution in [2.75, 3.05) is 29.1 Å². The highest BCUT2D eigenvalue weighted by molar-refractivity contribution is 7.99. The molecule has 1 fully saturated rings. The van der Waals surface area contributed by atoms with E-state index in [0.29, 0.717) is 0 Å². The molecule has 2 aliphatic rings. The zero-order valence-corrected chi connectivity index (χ0v) is 20.2. The summed E-state index contributed by atoms with van der Waals surface area (Å²) in [6.45, 7) is 2.62. The Morgan fingerprint density at radius 2 is 1.82 bits per heavy atom. The van der Waals surface area contributed by atoms with Crippen LogP contribution in [0.1, 0.15) is 12.8 Å². The molecule has 1 aromatic carbocycles. The number of piperidine rings is 1. The molecule has 6 rings (SSSR count). The maximum Gasteiger partial charge on any atom is 0.227 e. The standard InChI is InChI=1S/C25H24N6OS2/c32-24(26-19-5-3-17(4-6-19)21-16-31-13-15-34-25(31)27-21)18-9-11-30(12-10-18)23-8-7-20(28-29-23)22-2-1-14-33-22/h1-8,14,16,18H,9-13,15H2,(H,26,32). The molecule has 0 saturated carbocycles. The van der Waals surface area contributed by atoms with Gasteiger partial charge in [-0.25, -0.2) is 4.98 Å². The van der Waals surface area contributed by atoms with E-state index >= 15 is 0 Å². The zero-order chi connectivity index (χ0) is 22.9. The Hall–Kier alpha value is -3.17. The van der Waals surface area contributed by atoms with Gasteiger partial charge >= 0.3 is 0 Å². The van der Waals surface area contributed by atoms with Gasteiger partial charge in [0.1, 0.15) is 5.69 Å². The summed E-state index contributed by atoms with van der Waals surface area (Å²) in [5, 5.41) is 15.0. The van der Waals surface area contributed by atoms with Crippen molar-refractivity contribution in [1.82, 2.24) is 19.7 Å². The number of hydrogen-bond donors (Lipinski definition) is 1. The fraction of sp³-hybridized carbons (Fsp3) is 0.280. The van der Waals surface area contributed by atoms with Gasteiger partial charge in [-0.15, -0.1) is 21.5 Å². The van der Waals surface area contributed by atoms with Crippen LogP contribution in [0.2, 0.25) is 0 Å². The lowest BCUT2D eigenvalue weighted by Crippen LogP contribution is -2.38.